The normalized spacial score (nSPS) is 15.6. The van der Waals surface area contributed by atoms with Gasteiger partial charge in [0.2, 0.25) is 0 Å². The Bertz CT molecular complexity index is 504. The first-order chi connectivity index (χ1) is 9.75. The number of thiazole rings is 1. The third-order valence-corrected chi connectivity index (χ3v) is 4.04. The van der Waals surface area contributed by atoms with Gasteiger partial charge < -0.3 is 9.84 Å². The lowest BCUT2D eigenvalue weighted by molar-refractivity contribution is -0.144. The molecule has 4 nitrogen and oxygen atoms in total. The smallest absolute Gasteiger partial charge is 0.329 e. The number of rotatable bonds is 3. The number of carboxylic acid groups (broad SMARTS) is 1. The molecule has 0 amide bonds. The van der Waals surface area contributed by atoms with E-state index in [1.807, 2.05) is 23.7 Å². The first-order valence-corrected chi connectivity index (χ1v) is 7.75. The molecule has 0 atom stereocenters. The molecule has 1 fully saturated rings. The van der Waals surface area contributed by atoms with E-state index in [1.165, 1.54) is 24.0 Å². The average Bonchev–Trinajstić information content (AvgIpc) is 2.95. The quantitative estimate of drug-likeness (QED) is 0.937. The van der Waals surface area contributed by atoms with Crippen molar-refractivity contribution in [1.29, 1.82) is 0 Å². The molecule has 0 unspecified atom stereocenters. The number of benzene rings is 1. The van der Waals surface area contributed by atoms with Crippen LogP contribution in [-0.4, -0.2) is 28.8 Å². The van der Waals surface area contributed by atoms with Crippen LogP contribution in [0.5, 0.6) is 0 Å². The third-order valence-electron chi connectivity index (χ3n) is 3.23. The summed E-state index contributed by atoms with van der Waals surface area (Å²) in [5.74, 6) is -0.865. The molecule has 0 radical (unpaired) electrons. The first-order valence-electron chi connectivity index (χ1n) is 6.87. The number of para-hydroxylation sites is 1. The Morgan fingerprint density at radius 2 is 2.05 bits per heavy atom. The highest BCUT2D eigenvalue weighted by atomic mass is 32.1. The van der Waals surface area contributed by atoms with Crippen LogP contribution in [0.15, 0.2) is 29.8 Å². The molecule has 1 aromatic carbocycles. The van der Waals surface area contributed by atoms with Crippen molar-refractivity contribution < 1.29 is 14.6 Å². The van der Waals surface area contributed by atoms with Gasteiger partial charge in [-0.15, -0.1) is 11.3 Å². The molecule has 0 spiro atoms. The summed E-state index contributed by atoms with van der Waals surface area (Å²) in [6.45, 7) is -0.134. The fourth-order valence-electron chi connectivity index (χ4n) is 2.22. The van der Waals surface area contributed by atoms with E-state index in [1.54, 1.807) is 11.3 Å². The number of hydrogen-bond acceptors (Lipinski definition) is 4. The minimum absolute atomic E-state index is 0.134. The maximum Gasteiger partial charge on any atom is 0.329 e. The second-order valence-electron chi connectivity index (χ2n) is 4.78. The lowest BCUT2D eigenvalue weighted by atomic mass is 9.98. The zero-order chi connectivity index (χ0) is 14.2. The van der Waals surface area contributed by atoms with Crippen molar-refractivity contribution in [3.63, 3.8) is 0 Å². The van der Waals surface area contributed by atoms with Gasteiger partial charge in [-0.2, -0.15) is 0 Å². The highest BCUT2D eigenvalue weighted by Gasteiger charge is 2.14. The van der Waals surface area contributed by atoms with Gasteiger partial charge >= 0.3 is 5.97 Å². The Morgan fingerprint density at radius 3 is 2.75 bits per heavy atom. The van der Waals surface area contributed by atoms with Crippen molar-refractivity contribution in [1.82, 2.24) is 4.98 Å². The monoisotopic (exact) mass is 293 g/mol. The molecular weight excluding hydrogens is 274 g/mol. The minimum Gasteiger partial charge on any atom is -0.480 e. The van der Waals surface area contributed by atoms with Crippen molar-refractivity contribution in [3.05, 3.63) is 29.8 Å². The number of aliphatic carboxylic acids is 1. The van der Waals surface area contributed by atoms with E-state index >= 15 is 0 Å². The molecule has 20 heavy (non-hydrogen) atoms. The Hall–Kier alpha value is -1.46. The Morgan fingerprint density at radius 1 is 1.30 bits per heavy atom. The maximum absolute atomic E-state index is 10.1. The number of ether oxygens (including phenoxy) is 1. The molecule has 2 aromatic rings. The van der Waals surface area contributed by atoms with E-state index in [9.17, 15) is 4.79 Å². The summed E-state index contributed by atoms with van der Waals surface area (Å²) in [5, 5.41) is 8.32. The highest BCUT2D eigenvalue weighted by Crippen LogP contribution is 2.19. The lowest BCUT2D eigenvalue weighted by Gasteiger charge is -2.20. The molecule has 0 saturated heterocycles. The summed E-state index contributed by atoms with van der Waals surface area (Å²) < 4.78 is 6.41. The van der Waals surface area contributed by atoms with E-state index in [4.69, 9.17) is 9.84 Å². The minimum atomic E-state index is -0.865. The molecule has 1 saturated carbocycles. The van der Waals surface area contributed by atoms with Gasteiger partial charge in [0.15, 0.2) is 0 Å². The van der Waals surface area contributed by atoms with Crippen LogP contribution in [0.3, 0.4) is 0 Å². The van der Waals surface area contributed by atoms with Crippen molar-refractivity contribution in [3.8, 4) is 0 Å². The van der Waals surface area contributed by atoms with E-state index < -0.39 is 5.97 Å². The van der Waals surface area contributed by atoms with Crippen LogP contribution >= 0.6 is 11.3 Å². The average molecular weight is 293 g/mol. The summed E-state index contributed by atoms with van der Waals surface area (Å²) in [7, 11) is 0. The first kappa shape index (κ1) is 14.9. The summed E-state index contributed by atoms with van der Waals surface area (Å²) in [6.07, 6.45) is 5.92. The van der Waals surface area contributed by atoms with Gasteiger partial charge in [0.25, 0.3) is 0 Å². The van der Waals surface area contributed by atoms with Crippen molar-refractivity contribution in [2.24, 2.45) is 0 Å². The molecule has 0 bridgehead atoms. The molecule has 1 heterocycles. The van der Waals surface area contributed by atoms with Crippen LogP contribution in [0.1, 0.15) is 32.1 Å². The summed E-state index contributed by atoms with van der Waals surface area (Å²) in [6, 6.07) is 8.13. The summed E-state index contributed by atoms with van der Waals surface area (Å²) in [4.78, 5) is 14.3. The fraction of sp³-hybridized carbons (Fsp3) is 0.467. The van der Waals surface area contributed by atoms with Crippen molar-refractivity contribution in [2.45, 2.75) is 38.2 Å². The van der Waals surface area contributed by atoms with Crippen molar-refractivity contribution >= 4 is 27.5 Å². The third kappa shape index (κ3) is 4.90. The molecule has 5 heteroatoms. The topological polar surface area (TPSA) is 59.4 Å². The second-order valence-corrected chi connectivity index (χ2v) is 5.67. The molecule has 1 aliphatic rings. The number of aromatic nitrogens is 1. The number of hydrogen-bond donors (Lipinski definition) is 1. The van der Waals surface area contributed by atoms with Crippen LogP contribution in [0, 0.1) is 0 Å². The highest BCUT2D eigenvalue weighted by molar-refractivity contribution is 7.16. The van der Waals surface area contributed by atoms with Gasteiger partial charge in [0.05, 0.1) is 21.8 Å². The van der Waals surface area contributed by atoms with Crippen molar-refractivity contribution in [2.75, 3.05) is 6.61 Å². The van der Waals surface area contributed by atoms with Gasteiger partial charge in [-0.25, -0.2) is 9.78 Å². The molecule has 108 valence electrons. The number of fused-ring (bicyclic) bond motifs is 1. The van der Waals surface area contributed by atoms with E-state index in [0.29, 0.717) is 0 Å². The zero-order valence-electron chi connectivity index (χ0n) is 11.3. The van der Waals surface area contributed by atoms with Gasteiger partial charge in [-0.3, -0.25) is 0 Å². The number of nitrogens with zero attached hydrogens (tertiary/aromatic N) is 1. The fourth-order valence-corrected chi connectivity index (χ4v) is 2.90. The van der Waals surface area contributed by atoms with E-state index in [2.05, 4.69) is 11.1 Å². The largest absolute Gasteiger partial charge is 0.480 e. The van der Waals surface area contributed by atoms with Gasteiger partial charge in [0.1, 0.15) is 6.61 Å². The Labute approximate surface area is 122 Å². The van der Waals surface area contributed by atoms with Gasteiger partial charge in [0, 0.05) is 0 Å². The molecule has 1 aromatic heterocycles. The summed E-state index contributed by atoms with van der Waals surface area (Å²) >= 11 is 1.68. The Kier molecular flexibility index (Phi) is 5.95. The van der Waals surface area contributed by atoms with Crippen LogP contribution in [0.4, 0.5) is 0 Å². The SMILES string of the molecule is O=C(O)COC1CCCCC1.c1ccc2scnc2c1. The number of carbonyl (C=O) groups is 1. The number of carboxylic acids is 1. The van der Waals surface area contributed by atoms with Gasteiger partial charge in [-0.05, 0) is 25.0 Å². The predicted octanol–water partition coefficient (Wildman–Crippen LogP) is 3.72. The van der Waals surface area contributed by atoms with Crippen LogP contribution in [-0.2, 0) is 9.53 Å². The Balaban J connectivity index is 0.000000149. The van der Waals surface area contributed by atoms with Crippen LogP contribution in [0.25, 0.3) is 10.2 Å². The van der Waals surface area contributed by atoms with Crippen LogP contribution < -0.4 is 0 Å². The van der Waals surface area contributed by atoms with Crippen LogP contribution in [0.2, 0.25) is 0 Å². The molecule has 0 aliphatic heterocycles. The van der Waals surface area contributed by atoms with Gasteiger partial charge in [-0.1, -0.05) is 31.4 Å². The maximum atomic E-state index is 10.1. The lowest BCUT2D eigenvalue weighted by Crippen LogP contribution is -2.20. The molecule has 1 aliphatic carbocycles. The second kappa shape index (κ2) is 7.97. The standard InChI is InChI=1S/C8H14O3.C7H5NS/c9-8(10)6-11-7-4-2-1-3-5-7;1-2-4-7-6(3-1)8-5-9-7/h7H,1-6H2,(H,9,10);1-5H. The summed E-state index contributed by atoms with van der Waals surface area (Å²) in [5.41, 5.74) is 2.97. The van der Waals surface area contributed by atoms with E-state index in [-0.39, 0.29) is 12.7 Å². The molecular formula is C15H19NO3S. The van der Waals surface area contributed by atoms with E-state index in [0.717, 1.165) is 18.4 Å². The molecule has 3 rings (SSSR count). The molecule has 1 N–H and O–H groups in total. The zero-order valence-corrected chi connectivity index (χ0v) is 12.1. The predicted molar refractivity (Wildman–Crippen MR) is 80.1 cm³/mol.